The molecule has 0 bridgehead atoms. The molecule has 326 valence electrons. The highest BCUT2D eigenvalue weighted by molar-refractivity contribution is 7.86. The van der Waals surface area contributed by atoms with Gasteiger partial charge in [-0.15, -0.1) is 5.10 Å². The number of amides is 2. The van der Waals surface area contributed by atoms with Crippen molar-refractivity contribution in [2.75, 3.05) is 10.3 Å². The van der Waals surface area contributed by atoms with Crippen molar-refractivity contribution in [2.45, 2.75) is 14.7 Å². The summed E-state index contributed by atoms with van der Waals surface area (Å²) in [5.41, 5.74) is -1.41. The lowest BCUT2D eigenvalue weighted by atomic mass is 10.2. The first kappa shape index (κ1) is 45.4. The highest BCUT2D eigenvalue weighted by Crippen LogP contribution is 2.32. The van der Waals surface area contributed by atoms with E-state index in [1.165, 1.54) is 30.4 Å². The molecule has 6 N–H and O–H groups in total. The van der Waals surface area contributed by atoms with Gasteiger partial charge in [-0.2, -0.15) is 44.3 Å². The van der Waals surface area contributed by atoms with Crippen molar-refractivity contribution < 1.29 is 71.3 Å². The summed E-state index contributed by atoms with van der Waals surface area (Å²) in [5, 5.41) is 22.9. The first-order valence-corrected chi connectivity index (χ1v) is 22.5. The van der Waals surface area contributed by atoms with Gasteiger partial charge in [-0.1, -0.05) is 54.6 Å². The number of para-hydroxylation sites is 2. The van der Waals surface area contributed by atoms with Crippen LogP contribution in [0, 0.1) is 0 Å². The van der Waals surface area contributed by atoms with Gasteiger partial charge in [0.25, 0.3) is 48.1 Å². The van der Waals surface area contributed by atoms with Gasteiger partial charge < -0.3 is 19.3 Å². The summed E-state index contributed by atoms with van der Waals surface area (Å²) in [4.78, 5) is 28.7. The summed E-state index contributed by atoms with van der Waals surface area (Å²) < 4.78 is 131. The number of hydrazone groups is 1. The number of ether oxygens (including phenoxy) is 1. The molecule has 1 aliphatic rings. The predicted molar refractivity (Wildman–Crippen MR) is 224 cm³/mol. The number of nitrogens with zero attached hydrogens (tertiary/aromatic N) is 5. The molecule has 1 aliphatic heterocycles. The quantitative estimate of drug-likeness (QED) is 0.0225. The molecule has 6 rings (SSSR count). The Kier molecular flexibility index (Phi) is 13.3. The van der Waals surface area contributed by atoms with Gasteiger partial charge in [0.15, 0.2) is 17.8 Å². The fraction of sp³-hybridized carbons (Fsp3) is 0. The van der Waals surface area contributed by atoms with Crippen LogP contribution in [0.1, 0.15) is 16.1 Å². The normalized spacial score (nSPS) is 14.8. The number of carbonyl (C=O) groups excluding carboxylic acids is 2. The molecule has 5 aromatic rings. The summed E-state index contributed by atoms with van der Waals surface area (Å²) >= 11 is -2.93. The molecule has 0 saturated heterocycles. The molecule has 26 heteroatoms. The second-order valence-electron chi connectivity index (χ2n) is 12.3. The van der Waals surface area contributed by atoms with Gasteiger partial charge >= 0.3 is 11.4 Å². The Morgan fingerprint density at radius 3 is 2.03 bits per heavy atom. The number of aromatic nitrogens is 2. The smallest absolute Gasteiger partial charge is 0.357 e. The molecule has 63 heavy (non-hydrogen) atoms. The lowest BCUT2D eigenvalue weighted by Gasteiger charge is -2.10. The zero-order chi connectivity index (χ0) is 45.7. The summed E-state index contributed by atoms with van der Waals surface area (Å²) in [6.45, 7) is 0. The predicted octanol–water partition coefficient (Wildman–Crippen LogP) is 4.32. The third-order valence-electron chi connectivity index (χ3n) is 8.23. The van der Waals surface area contributed by atoms with Crippen LogP contribution < -0.4 is 14.5 Å². The van der Waals surface area contributed by atoms with Crippen LogP contribution in [-0.2, 0) is 51.2 Å². The minimum atomic E-state index is -4.96. The summed E-state index contributed by atoms with van der Waals surface area (Å²) in [5.74, 6) is -3.24. The number of rotatable bonds is 14. The van der Waals surface area contributed by atoms with Crippen LogP contribution in [0.15, 0.2) is 152 Å². The minimum Gasteiger partial charge on any atom is -0.493 e. The second-order valence-corrected chi connectivity index (χ2v) is 17.2. The van der Waals surface area contributed by atoms with Gasteiger partial charge in [-0.05, 0) is 72.8 Å². The first-order valence-electron chi connectivity index (χ1n) is 17.1. The van der Waals surface area contributed by atoms with Crippen LogP contribution in [0.3, 0.4) is 0 Å². The van der Waals surface area contributed by atoms with Crippen LogP contribution in [-0.4, -0.2) is 86.7 Å². The van der Waals surface area contributed by atoms with E-state index in [0.29, 0.717) is 36.0 Å². The standard InChI is InChI=1S/C37H28N6O16S4/c44-34(39-29-20-25(61(49,50)51)16-18-31(29)59-60(47)48)33-27(36(45)42(40-33)23-10-4-1-5-11-23)14-8-3-9-15-28-35(41-43(37(28)46)24-12-6-2-7-13-24)58-22-38-30-21-26(62(52,53)54)17-19-32(30)63(55,56)57/h1-22,45H,(H,39,44)(H,47,48)(H,49,50,51)(H,52,53,54)(H,55,56,57). The highest BCUT2D eigenvalue weighted by atomic mass is 32.2. The number of allylic oxidation sites excluding steroid dienone is 4. The van der Waals surface area contributed by atoms with E-state index in [2.05, 4.69) is 20.5 Å². The Morgan fingerprint density at radius 2 is 1.41 bits per heavy atom. The Balaban J connectivity index is 1.33. The molecule has 1 unspecified atom stereocenters. The molecule has 1 aromatic heterocycles. The van der Waals surface area contributed by atoms with Crippen molar-refractivity contribution in [1.29, 1.82) is 0 Å². The van der Waals surface area contributed by atoms with Crippen molar-refractivity contribution in [2.24, 2.45) is 10.1 Å². The number of benzene rings is 4. The van der Waals surface area contributed by atoms with E-state index < -0.39 is 103 Å². The fourth-order valence-electron chi connectivity index (χ4n) is 5.44. The van der Waals surface area contributed by atoms with E-state index in [4.69, 9.17) is 8.92 Å². The second kappa shape index (κ2) is 18.4. The van der Waals surface area contributed by atoms with Gasteiger partial charge in [0.2, 0.25) is 5.88 Å². The topological polar surface area (TPSA) is 331 Å². The molecule has 0 fully saturated rings. The van der Waals surface area contributed by atoms with Gasteiger partial charge in [0.1, 0.15) is 10.5 Å². The van der Waals surface area contributed by atoms with E-state index in [0.717, 1.165) is 27.9 Å². The van der Waals surface area contributed by atoms with Crippen LogP contribution in [0.4, 0.5) is 17.1 Å². The monoisotopic (exact) mass is 940 g/mol. The Hall–Kier alpha value is -7.17. The van der Waals surface area contributed by atoms with Gasteiger partial charge in [-0.25, -0.2) is 4.99 Å². The Bertz CT molecular complexity index is 3150. The Morgan fingerprint density at radius 1 is 0.794 bits per heavy atom. The lowest BCUT2D eigenvalue weighted by Crippen LogP contribution is -2.21. The van der Waals surface area contributed by atoms with Crippen molar-refractivity contribution >= 4 is 89.0 Å². The molecular weight excluding hydrogens is 913 g/mol. The van der Waals surface area contributed by atoms with Crippen LogP contribution >= 0.6 is 0 Å². The maximum absolute atomic E-state index is 13.7. The van der Waals surface area contributed by atoms with Crippen molar-refractivity contribution in [3.63, 3.8) is 0 Å². The number of anilines is 2. The maximum atomic E-state index is 13.7. The minimum absolute atomic E-state index is 0.203. The van der Waals surface area contributed by atoms with E-state index >= 15 is 0 Å². The van der Waals surface area contributed by atoms with Gasteiger partial charge in [-0.3, -0.25) is 27.8 Å². The third kappa shape index (κ3) is 10.8. The molecule has 0 spiro atoms. The lowest BCUT2D eigenvalue weighted by molar-refractivity contribution is -0.114. The average Bonchev–Trinajstić information content (AvgIpc) is 3.72. The number of hydrogen-bond acceptors (Lipinski definition) is 15. The van der Waals surface area contributed by atoms with Gasteiger partial charge in [0.05, 0.1) is 38.1 Å². The molecule has 2 amide bonds. The fourth-order valence-corrected chi connectivity index (χ4v) is 7.36. The molecule has 4 aromatic carbocycles. The number of aromatic hydroxyl groups is 1. The third-order valence-corrected chi connectivity index (χ3v) is 11.1. The molecule has 1 atom stereocenters. The summed E-state index contributed by atoms with van der Waals surface area (Å²) in [6, 6.07) is 20.6. The number of hydrogen-bond donors (Lipinski definition) is 6. The van der Waals surface area contributed by atoms with E-state index in [9.17, 15) is 62.4 Å². The van der Waals surface area contributed by atoms with Crippen LogP contribution in [0.2, 0.25) is 0 Å². The van der Waals surface area contributed by atoms with Crippen LogP contribution in [0.25, 0.3) is 11.8 Å². The van der Waals surface area contributed by atoms with Crippen molar-refractivity contribution in [1.82, 2.24) is 9.78 Å². The highest BCUT2D eigenvalue weighted by Gasteiger charge is 2.32. The SMILES string of the molecule is O=C(Nc1cc(S(=O)(=O)O)ccc1OS(=O)O)c1nn(-c2ccccc2)c(O)c1C=CC=CC=C1C(=O)N(c2ccccc2)N=C1OC=Nc1cc(S(=O)(=O)O)ccc1S(=O)(=O)O. The van der Waals surface area contributed by atoms with Crippen LogP contribution in [0.5, 0.6) is 11.6 Å². The van der Waals surface area contributed by atoms with Crippen molar-refractivity contribution in [3.05, 3.63) is 138 Å². The number of nitrogens with one attached hydrogen (secondary N) is 1. The largest absolute Gasteiger partial charge is 0.493 e. The number of aliphatic imine (C=N–C) groups is 1. The Labute approximate surface area is 359 Å². The molecule has 22 nitrogen and oxygen atoms in total. The molecule has 0 radical (unpaired) electrons. The van der Waals surface area contributed by atoms with E-state index in [1.54, 1.807) is 60.7 Å². The van der Waals surface area contributed by atoms with Crippen molar-refractivity contribution in [3.8, 4) is 17.3 Å². The van der Waals surface area contributed by atoms with Gasteiger partial charge in [0, 0.05) is 0 Å². The molecule has 2 heterocycles. The summed E-state index contributed by atoms with van der Waals surface area (Å²) in [6.07, 6.45) is 7.05. The molecule has 0 aliphatic carbocycles. The molecule has 0 saturated carbocycles. The zero-order valence-electron chi connectivity index (χ0n) is 31.3. The molecular formula is C37H28N6O16S4. The first-order chi connectivity index (χ1) is 29.7. The number of carbonyl (C=O) groups is 2. The summed E-state index contributed by atoms with van der Waals surface area (Å²) in [7, 11) is -14.6. The zero-order valence-corrected chi connectivity index (χ0v) is 34.6. The van der Waals surface area contributed by atoms with E-state index in [1.807, 2.05) is 0 Å². The van der Waals surface area contributed by atoms with E-state index in [-0.39, 0.29) is 11.1 Å². The average molecular weight is 941 g/mol. The maximum Gasteiger partial charge on any atom is 0.357 e.